The van der Waals surface area contributed by atoms with Gasteiger partial charge in [0.25, 0.3) is 0 Å². The van der Waals surface area contributed by atoms with Crippen LogP contribution in [0.2, 0.25) is 0 Å². The SMILES string of the molecule is COc1ccc(NC(=O)Cn2c3c(sc2=O)[C@@H](c2cccnc2)C2C(=O)N(c4ccc(Br)cc4)C(=O)C2S3)cc1. The molecule has 1 saturated heterocycles. The van der Waals surface area contributed by atoms with Crippen LogP contribution in [0, 0.1) is 5.92 Å². The first-order chi connectivity index (χ1) is 19.4. The molecule has 0 spiro atoms. The summed E-state index contributed by atoms with van der Waals surface area (Å²) in [4.78, 5) is 59.6. The van der Waals surface area contributed by atoms with E-state index in [0.717, 1.165) is 21.4 Å². The highest BCUT2D eigenvalue weighted by atomic mass is 79.9. The number of amides is 3. The Morgan fingerprint density at radius 3 is 2.48 bits per heavy atom. The fourth-order valence-electron chi connectivity index (χ4n) is 5.04. The molecule has 6 rings (SSSR count). The van der Waals surface area contributed by atoms with Gasteiger partial charge >= 0.3 is 4.87 Å². The van der Waals surface area contributed by atoms with Crippen LogP contribution in [0.15, 0.2) is 87.4 Å². The lowest BCUT2D eigenvalue weighted by molar-refractivity contribution is -0.122. The number of imide groups is 1. The van der Waals surface area contributed by atoms with E-state index >= 15 is 0 Å². The van der Waals surface area contributed by atoms with Crippen molar-refractivity contribution in [2.45, 2.75) is 22.7 Å². The number of carbonyl (C=O) groups excluding carboxylic acids is 3. The van der Waals surface area contributed by atoms with Crippen molar-refractivity contribution >= 4 is 68.1 Å². The van der Waals surface area contributed by atoms with E-state index in [-0.39, 0.29) is 29.1 Å². The molecule has 0 aliphatic carbocycles. The molecule has 0 saturated carbocycles. The molecular weight excluding hydrogens is 616 g/mol. The zero-order valence-corrected chi connectivity index (χ0v) is 24.2. The highest BCUT2D eigenvalue weighted by Gasteiger charge is 2.56. The number of pyridine rings is 1. The molecule has 1 N–H and O–H groups in total. The van der Waals surface area contributed by atoms with Gasteiger partial charge in [-0.3, -0.25) is 28.7 Å². The minimum atomic E-state index is -0.765. The lowest BCUT2D eigenvalue weighted by Crippen LogP contribution is -2.33. The highest BCUT2D eigenvalue weighted by Crippen LogP contribution is 2.53. The van der Waals surface area contributed by atoms with Crippen molar-refractivity contribution in [3.63, 3.8) is 0 Å². The lowest BCUT2D eigenvalue weighted by atomic mass is 9.84. The number of hydrogen-bond donors (Lipinski definition) is 1. The second-order valence-electron chi connectivity index (χ2n) is 9.22. The van der Waals surface area contributed by atoms with Crippen LogP contribution in [-0.4, -0.2) is 39.6 Å². The third kappa shape index (κ3) is 4.65. The number of aromatic nitrogens is 2. The van der Waals surface area contributed by atoms with Gasteiger partial charge in [-0.15, -0.1) is 0 Å². The third-order valence-electron chi connectivity index (χ3n) is 6.85. The number of fused-ring (bicyclic) bond motifs is 2. The number of carbonyl (C=O) groups is 3. The standard InChI is InChI=1S/C28H21BrN4O5S2/c1-38-19-10-6-17(7-11-19)31-20(34)14-32-27-24(40-28(32)37)21(15-3-2-12-30-13-15)22-23(39-27)26(36)33(25(22)35)18-8-4-16(29)5-9-18/h2-13,21-23H,14H2,1H3,(H,31,34)/t21-,22?,23?/m0/s1. The third-order valence-corrected chi connectivity index (χ3v) is 9.99. The Hall–Kier alpha value is -3.74. The van der Waals surface area contributed by atoms with E-state index in [1.165, 1.54) is 21.2 Å². The summed E-state index contributed by atoms with van der Waals surface area (Å²) in [6, 6.07) is 17.5. The number of nitrogens with zero attached hydrogens (tertiary/aromatic N) is 3. The van der Waals surface area contributed by atoms with E-state index in [9.17, 15) is 19.2 Å². The van der Waals surface area contributed by atoms with Crippen LogP contribution in [0.5, 0.6) is 5.75 Å². The molecule has 0 radical (unpaired) electrons. The number of ether oxygens (including phenoxy) is 1. The largest absolute Gasteiger partial charge is 0.497 e. The van der Waals surface area contributed by atoms with E-state index in [1.54, 1.807) is 74.1 Å². The monoisotopic (exact) mass is 636 g/mol. The Labute approximate surface area is 245 Å². The molecule has 3 amide bonds. The number of thiazole rings is 1. The molecule has 2 aliphatic rings. The molecular formula is C28H21BrN4O5S2. The van der Waals surface area contributed by atoms with Crippen molar-refractivity contribution in [2.24, 2.45) is 5.92 Å². The minimum Gasteiger partial charge on any atom is -0.497 e. The predicted molar refractivity (Wildman–Crippen MR) is 156 cm³/mol. The van der Waals surface area contributed by atoms with Crippen LogP contribution < -0.4 is 19.8 Å². The number of nitrogens with one attached hydrogen (secondary N) is 1. The fraction of sp³-hybridized carbons (Fsp3) is 0.179. The molecule has 202 valence electrons. The van der Waals surface area contributed by atoms with Gasteiger partial charge in [0.15, 0.2) is 0 Å². The van der Waals surface area contributed by atoms with Crippen molar-refractivity contribution in [3.05, 3.63) is 97.6 Å². The quantitative estimate of drug-likeness (QED) is 0.310. The highest BCUT2D eigenvalue weighted by molar-refractivity contribution is 9.10. The van der Waals surface area contributed by atoms with E-state index in [0.29, 0.717) is 27.0 Å². The number of benzene rings is 2. The van der Waals surface area contributed by atoms with Gasteiger partial charge in [-0.1, -0.05) is 45.1 Å². The van der Waals surface area contributed by atoms with Crippen molar-refractivity contribution in [1.82, 2.24) is 9.55 Å². The number of thioether (sulfide) groups is 1. The zero-order valence-electron chi connectivity index (χ0n) is 20.9. The molecule has 4 heterocycles. The second-order valence-corrected chi connectivity index (χ2v) is 12.3. The first-order valence-electron chi connectivity index (χ1n) is 12.2. The number of anilines is 2. The average molecular weight is 638 g/mol. The Balaban J connectivity index is 1.37. The van der Waals surface area contributed by atoms with Crippen LogP contribution in [0.25, 0.3) is 0 Å². The molecule has 9 nitrogen and oxygen atoms in total. The van der Waals surface area contributed by atoms with Crippen molar-refractivity contribution in [1.29, 1.82) is 0 Å². The van der Waals surface area contributed by atoms with Crippen molar-refractivity contribution in [3.8, 4) is 5.75 Å². The van der Waals surface area contributed by atoms with Gasteiger partial charge < -0.3 is 10.1 Å². The lowest BCUT2D eigenvalue weighted by Gasteiger charge is -2.30. The number of hydrogen-bond acceptors (Lipinski definition) is 8. The molecule has 40 heavy (non-hydrogen) atoms. The molecule has 1 fully saturated rings. The first-order valence-corrected chi connectivity index (χ1v) is 14.7. The van der Waals surface area contributed by atoms with E-state index < -0.39 is 17.1 Å². The maximum atomic E-state index is 13.9. The summed E-state index contributed by atoms with van der Waals surface area (Å²) >= 11 is 5.57. The molecule has 2 aromatic carbocycles. The average Bonchev–Trinajstić information content (AvgIpc) is 3.40. The molecule has 2 unspecified atom stereocenters. The van der Waals surface area contributed by atoms with Gasteiger partial charge in [-0.05, 0) is 60.2 Å². The van der Waals surface area contributed by atoms with Gasteiger partial charge in [0.2, 0.25) is 17.7 Å². The summed E-state index contributed by atoms with van der Waals surface area (Å²) in [6.45, 7) is -0.237. The number of methoxy groups -OCH3 is 1. The Morgan fingerprint density at radius 1 is 1.05 bits per heavy atom. The molecule has 3 atom stereocenters. The smallest absolute Gasteiger partial charge is 0.308 e. The Morgan fingerprint density at radius 2 is 1.80 bits per heavy atom. The van der Waals surface area contributed by atoms with Crippen LogP contribution >= 0.6 is 39.0 Å². The number of halogens is 1. The Kier molecular flexibility index (Phi) is 7.07. The minimum absolute atomic E-state index is 0.237. The maximum Gasteiger partial charge on any atom is 0.308 e. The summed E-state index contributed by atoms with van der Waals surface area (Å²) in [5, 5.41) is 2.56. The van der Waals surface area contributed by atoms with Crippen LogP contribution in [0.1, 0.15) is 16.4 Å². The van der Waals surface area contributed by atoms with Gasteiger partial charge in [0.1, 0.15) is 17.5 Å². The van der Waals surface area contributed by atoms with Crippen LogP contribution in [0.4, 0.5) is 11.4 Å². The summed E-state index contributed by atoms with van der Waals surface area (Å²) in [7, 11) is 1.56. The van der Waals surface area contributed by atoms with Crippen molar-refractivity contribution in [2.75, 3.05) is 17.3 Å². The summed E-state index contributed by atoms with van der Waals surface area (Å²) in [5.41, 5.74) is 1.78. The first kappa shape index (κ1) is 26.5. The summed E-state index contributed by atoms with van der Waals surface area (Å²) in [5.74, 6) is -1.70. The second kappa shape index (κ2) is 10.7. The normalized spacial score (nSPS) is 19.8. The summed E-state index contributed by atoms with van der Waals surface area (Å²) < 4.78 is 7.37. The fourth-order valence-corrected chi connectivity index (χ4v) is 8.08. The summed E-state index contributed by atoms with van der Waals surface area (Å²) in [6.07, 6.45) is 3.29. The van der Waals surface area contributed by atoms with E-state index in [1.807, 2.05) is 6.07 Å². The van der Waals surface area contributed by atoms with Gasteiger partial charge in [0, 0.05) is 33.3 Å². The topological polar surface area (TPSA) is 111 Å². The van der Waals surface area contributed by atoms with Gasteiger partial charge in [-0.2, -0.15) is 0 Å². The zero-order chi connectivity index (χ0) is 28.0. The molecule has 2 aromatic heterocycles. The molecule has 4 aromatic rings. The number of rotatable bonds is 6. The maximum absolute atomic E-state index is 13.9. The van der Waals surface area contributed by atoms with Crippen molar-refractivity contribution < 1.29 is 19.1 Å². The molecule has 2 aliphatic heterocycles. The van der Waals surface area contributed by atoms with E-state index in [4.69, 9.17) is 4.74 Å². The van der Waals surface area contributed by atoms with Gasteiger partial charge in [-0.25, -0.2) is 4.90 Å². The van der Waals surface area contributed by atoms with Gasteiger partial charge in [0.05, 0.1) is 23.7 Å². The molecule has 12 heteroatoms. The van der Waals surface area contributed by atoms with E-state index in [2.05, 4.69) is 26.2 Å². The Bertz CT molecular complexity index is 1670. The van der Waals surface area contributed by atoms with Crippen LogP contribution in [0.3, 0.4) is 0 Å². The van der Waals surface area contributed by atoms with Crippen LogP contribution in [-0.2, 0) is 20.9 Å². The predicted octanol–water partition coefficient (Wildman–Crippen LogP) is 4.51. The molecule has 0 bridgehead atoms.